The van der Waals surface area contributed by atoms with Crippen LogP contribution in [0.2, 0.25) is 0 Å². The Morgan fingerprint density at radius 3 is 2.22 bits per heavy atom. The van der Waals surface area contributed by atoms with Crippen LogP contribution in [0.25, 0.3) is 0 Å². The van der Waals surface area contributed by atoms with Gasteiger partial charge in [0.15, 0.2) is 0 Å². The van der Waals surface area contributed by atoms with Gasteiger partial charge in [0.25, 0.3) is 0 Å². The highest BCUT2D eigenvalue weighted by Gasteiger charge is 2.60. The molecule has 27 heavy (non-hydrogen) atoms. The molecule has 0 aromatic rings. The van der Waals surface area contributed by atoms with E-state index < -0.39 is 0 Å². The molecule has 4 saturated carbocycles. The average Bonchev–Trinajstić information content (AvgIpc) is 3.01. The molecule has 0 amide bonds. The largest absolute Gasteiger partial charge is 0.378 e. The average molecular weight is 377 g/mol. The maximum atomic E-state index is 6.37. The molecule has 0 saturated heterocycles. The van der Waals surface area contributed by atoms with Crippen LogP contribution in [0.3, 0.4) is 0 Å². The summed E-state index contributed by atoms with van der Waals surface area (Å²) in [4.78, 5) is 0. The smallest absolute Gasteiger partial charge is 0.0631 e. The van der Waals surface area contributed by atoms with Gasteiger partial charge < -0.3 is 9.47 Å². The van der Waals surface area contributed by atoms with Gasteiger partial charge in [-0.1, -0.05) is 27.7 Å². The van der Waals surface area contributed by atoms with Crippen LogP contribution >= 0.6 is 0 Å². The van der Waals surface area contributed by atoms with Crippen molar-refractivity contribution in [2.75, 3.05) is 13.2 Å². The Hall–Kier alpha value is -0.0800. The Morgan fingerprint density at radius 1 is 0.741 bits per heavy atom. The molecule has 4 aliphatic carbocycles. The SMILES string of the molecule is CCCO[C@H]1CC[C@@]2(C)[C@@H](CC[C@H]3[C@H]4CC[C@H](OCCC)[C@@]4(C)CC[C@@H]32)C1. The van der Waals surface area contributed by atoms with Gasteiger partial charge in [-0.25, -0.2) is 0 Å². The maximum Gasteiger partial charge on any atom is 0.0631 e. The highest BCUT2D eigenvalue weighted by atomic mass is 16.5. The standard InChI is InChI=1S/C25H44O2/c1-5-15-26-19-11-13-24(3)18(17-19)7-8-20-21-9-10-23(27-16-6-2)25(21,4)14-12-22(20)24/h18-23H,5-17H2,1-4H3/t18-,19-,20-,21+,22-,23-,24-,25-/m0/s1. The molecule has 4 fully saturated rings. The van der Waals surface area contributed by atoms with Gasteiger partial charge in [0.1, 0.15) is 0 Å². The molecule has 0 N–H and O–H groups in total. The number of ether oxygens (including phenoxy) is 2. The Kier molecular flexibility index (Phi) is 5.97. The van der Waals surface area contributed by atoms with Crippen LogP contribution in [-0.2, 0) is 9.47 Å². The molecule has 0 aromatic carbocycles. The zero-order chi connectivity index (χ0) is 19.1. The predicted octanol–water partition coefficient (Wildman–Crippen LogP) is 6.62. The Balaban J connectivity index is 1.46. The summed E-state index contributed by atoms with van der Waals surface area (Å²) in [7, 11) is 0. The van der Waals surface area contributed by atoms with Crippen molar-refractivity contribution in [3.8, 4) is 0 Å². The van der Waals surface area contributed by atoms with E-state index in [2.05, 4.69) is 27.7 Å². The first-order valence-electron chi connectivity index (χ1n) is 12.3. The highest BCUT2D eigenvalue weighted by molar-refractivity contribution is 5.09. The third-order valence-corrected chi connectivity index (χ3v) is 9.61. The summed E-state index contributed by atoms with van der Waals surface area (Å²) in [5, 5.41) is 0. The van der Waals surface area contributed by atoms with E-state index in [1.807, 2.05) is 0 Å². The second-order valence-corrected chi connectivity index (χ2v) is 10.9. The molecule has 0 unspecified atom stereocenters. The zero-order valence-corrected chi connectivity index (χ0v) is 18.5. The molecule has 0 bridgehead atoms. The Morgan fingerprint density at radius 2 is 1.44 bits per heavy atom. The first-order valence-corrected chi connectivity index (χ1v) is 12.3. The molecule has 2 nitrogen and oxygen atoms in total. The summed E-state index contributed by atoms with van der Waals surface area (Å²) in [6.45, 7) is 11.7. The topological polar surface area (TPSA) is 18.5 Å². The van der Waals surface area contributed by atoms with Crippen LogP contribution in [0, 0.1) is 34.5 Å². The minimum atomic E-state index is 0.459. The van der Waals surface area contributed by atoms with E-state index in [-0.39, 0.29) is 0 Å². The normalized spacial score (nSPS) is 49.3. The Labute approximate surface area is 168 Å². The molecule has 0 aromatic heterocycles. The fourth-order valence-electron chi connectivity index (χ4n) is 8.14. The van der Waals surface area contributed by atoms with E-state index in [1.54, 1.807) is 0 Å². The van der Waals surface area contributed by atoms with E-state index in [4.69, 9.17) is 9.47 Å². The summed E-state index contributed by atoms with van der Waals surface area (Å²) in [5.74, 6) is 3.76. The van der Waals surface area contributed by atoms with E-state index >= 15 is 0 Å². The Bertz CT molecular complexity index is 505. The van der Waals surface area contributed by atoms with Crippen LogP contribution < -0.4 is 0 Å². The number of hydrogen-bond acceptors (Lipinski definition) is 2. The second-order valence-electron chi connectivity index (χ2n) is 10.9. The molecule has 4 rings (SSSR count). The first kappa shape index (κ1) is 20.2. The maximum absolute atomic E-state index is 6.37. The summed E-state index contributed by atoms with van der Waals surface area (Å²) < 4.78 is 12.6. The van der Waals surface area contributed by atoms with Crippen molar-refractivity contribution in [2.45, 2.75) is 111 Å². The van der Waals surface area contributed by atoms with Crippen molar-refractivity contribution in [2.24, 2.45) is 34.5 Å². The fourth-order valence-corrected chi connectivity index (χ4v) is 8.14. The number of hydrogen-bond donors (Lipinski definition) is 0. The quantitative estimate of drug-likeness (QED) is 0.518. The molecule has 0 aliphatic heterocycles. The van der Waals surface area contributed by atoms with Crippen LogP contribution in [-0.4, -0.2) is 25.4 Å². The van der Waals surface area contributed by atoms with Gasteiger partial charge in [-0.05, 0) is 105 Å². The van der Waals surface area contributed by atoms with Gasteiger partial charge in [0.05, 0.1) is 12.2 Å². The minimum absolute atomic E-state index is 0.459. The van der Waals surface area contributed by atoms with Gasteiger partial charge in [0, 0.05) is 13.2 Å². The van der Waals surface area contributed by atoms with Crippen LogP contribution in [0.1, 0.15) is 98.3 Å². The van der Waals surface area contributed by atoms with Gasteiger partial charge in [-0.15, -0.1) is 0 Å². The summed E-state index contributed by atoms with van der Waals surface area (Å²) in [5.41, 5.74) is 1.04. The van der Waals surface area contributed by atoms with Crippen molar-refractivity contribution in [3.05, 3.63) is 0 Å². The zero-order valence-electron chi connectivity index (χ0n) is 18.5. The molecular formula is C25H44O2. The first-order chi connectivity index (χ1) is 13.0. The van der Waals surface area contributed by atoms with Crippen molar-refractivity contribution >= 4 is 0 Å². The van der Waals surface area contributed by atoms with Crippen LogP contribution in [0.15, 0.2) is 0 Å². The molecule has 0 heterocycles. The molecule has 0 spiro atoms. The van der Waals surface area contributed by atoms with Crippen molar-refractivity contribution < 1.29 is 9.47 Å². The van der Waals surface area contributed by atoms with Crippen molar-refractivity contribution in [3.63, 3.8) is 0 Å². The lowest BCUT2D eigenvalue weighted by Crippen LogP contribution is -2.54. The fraction of sp³-hybridized carbons (Fsp3) is 1.00. The summed E-state index contributed by atoms with van der Waals surface area (Å²) in [6, 6.07) is 0. The lowest BCUT2D eigenvalue weighted by atomic mass is 9.45. The number of fused-ring (bicyclic) bond motifs is 5. The van der Waals surface area contributed by atoms with Gasteiger partial charge in [0.2, 0.25) is 0 Å². The van der Waals surface area contributed by atoms with Crippen LogP contribution in [0.4, 0.5) is 0 Å². The lowest BCUT2D eigenvalue weighted by Gasteiger charge is -2.61. The molecule has 0 radical (unpaired) electrons. The lowest BCUT2D eigenvalue weighted by molar-refractivity contribution is -0.146. The summed E-state index contributed by atoms with van der Waals surface area (Å²) in [6.07, 6.45) is 16.0. The third-order valence-electron chi connectivity index (χ3n) is 9.61. The van der Waals surface area contributed by atoms with E-state index in [0.29, 0.717) is 23.0 Å². The molecule has 156 valence electrons. The van der Waals surface area contributed by atoms with Crippen molar-refractivity contribution in [1.29, 1.82) is 0 Å². The van der Waals surface area contributed by atoms with E-state index in [0.717, 1.165) is 49.7 Å². The second kappa shape index (κ2) is 7.98. The molecule has 4 aliphatic rings. The highest BCUT2D eigenvalue weighted by Crippen LogP contribution is 2.66. The monoisotopic (exact) mass is 376 g/mol. The van der Waals surface area contributed by atoms with Gasteiger partial charge in [-0.3, -0.25) is 0 Å². The van der Waals surface area contributed by atoms with Crippen molar-refractivity contribution in [1.82, 2.24) is 0 Å². The molecule has 8 atom stereocenters. The van der Waals surface area contributed by atoms with E-state index in [1.165, 1.54) is 57.8 Å². The summed E-state index contributed by atoms with van der Waals surface area (Å²) >= 11 is 0. The number of rotatable bonds is 6. The minimum Gasteiger partial charge on any atom is -0.378 e. The molecule has 2 heteroatoms. The van der Waals surface area contributed by atoms with E-state index in [9.17, 15) is 0 Å². The van der Waals surface area contributed by atoms with Gasteiger partial charge >= 0.3 is 0 Å². The van der Waals surface area contributed by atoms with Crippen LogP contribution in [0.5, 0.6) is 0 Å². The molecular weight excluding hydrogens is 332 g/mol. The third kappa shape index (κ3) is 3.41. The van der Waals surface area contributed by atoms with Gasteiger partial charge in [-0.2, -0.15) is 0 Å². The predicted molar refractivity (Wildman–Crippen MR) is 112 cm³/mol.